The number of hydrogen-bond acceptors (Lipinski definition) is 9. The van der Waals surface area contributed by atoms with Crippen LogP contribution in [0.5, 0.6) is 17.4 Å². The molecule has 18 heteroatoms. The van der Waals surface area contributed by atoms with Crippen molar-refractivity contribution in [3.05, 3.63) is 118 Å². The minimum Gasteiger partial charge on any atom is -0.494 e. The molecule has 1 heterocycles. The van der Waals surface area contributed by atoms with Gasteiger partial charge >= 0.3 is 12.3 Å². The van der Waals surface area contributed by atoms with Crippen molar-refractivity contribution in [3.8, 4) is 17.4 Å². The Balaban J connectivity index is 1.23. The number of nitrogens with one attached hydrogen (secondary N) is 3. The number of nitrogens with zero attached hydrogens (tertiary/aromatic N) is 6. The number of benzene rings is 3. The molecule has 0 aliphatic rings. The van der Waals surface area contributed by atoms with Crippen molar-refractivity contribution in [2.75, 3.05) is 26.2 Å². The van der Waals surface area contributed by atoms with Gasteiger partial charge in [0, 0.05) is 48.3 Å². The summed E-state index contributed by atoms with van der Waals surface area (Å²) in [4.78, 5) is 42.2. The van der Waals surface area contributed by atoms with E-state index in [0.29, 0.717) is 48.3 Å². The molecule has 0 radical (unpaired) electrons. The van der Waals surface area contributed by atoms with Gasteiger partial charge in [0.25, 0.3) is 11.8 Å². The van der Waals surface area contributed by atoms with Gasteiger partial charge in [0.15, 0.2) is 0 Å². The summed E-state index contributed by atoms with van der Waals surface area (Å²) in [5.74, 6) is -0.704. The molecule has 0 aliphatic heterocycles. The molecule has 3 aromatic carbocycles. The molecule has 0 unspecified atom stereocenters. The van der Waals surface area contributed by atoms with E-state index >= 15 is 0 Å². The molecule has 0 aliphatic carbocycles. The number of halogens is 3. The van der Waals surface area contributed by atoms with Crippen LogP contribution < -0.4 is 25.4 Å². The monoisotopic (exact) mass is 705 g/mol. The summed E-state index contributed by atoms with van der Waals surface area (Å²) in [7, 11) is 0. The number of carboxylic acid groups (broad SMARTS) is 1. The van der Waals surface area contributed by atoms with Crippen molar-refractivity contribution >= 4 is 29.3 Å². The third-order valence-corrected chi connectivity index (χ3v) is 6.59. The van der Waals surface area contributed by atoms with E-state index in [4.69, 9.17) is 20.1 Å². The number of alkyl halides is 3. The zero-order valence-electron chi connectivity index (χ0n) is 26.6. The molecule has 4 aromatic rings. The van der Waals surface area contributed by atoms with Gasteiger partial charge in [0.05, 0.1) is 18.0 Å². The van der Waals surface area contributed by atoms with E-state index < -0.39 is 36.3 Å². The fraction of sp³-hybridized carbons (Fsp3) is 0.212. The Labute approximate surface area is 288 Å². The van der Waals surface area contributed by atoms with Crippen molar-refractivity contribution in [1.82, 2.24) is 20.9 Å². The summed E-state index contributed by atoms with van der Waals surface area (Å²) < 4.78 is 51.1. The highest BCUT2D eigenvalue weighted by atomic mass is 19.4. The average Bonchev–Trinajstić information content (AvgIpc) is 3.11. The Morgan fingerprint density at radius 1 is 0.824 bits per heavy atom. The van der Waals surface area contributed by atoms with Crippen LogP contribution in [0, 0.1) is 0 Å². The molecule has 0 saturated heterocycles. The normalized spacial score (nSPS) is 11.0. The van der Waals surface area contributed by atoms with Crippen LogP contribution in [0.15, 0.2) is 100 Å². The molecule has 0 atom stereocenters. The standard InChI is InChI=1S/C33H30F3N9O6/c34-33(35,36)28-17-21(20-40-32(48)49)18-29(42-28)51-27-4-1-3-23(19-27)31(47)39-15-14-38-30(46)22-5-7-24(8-6-22)43-44-25-9-11-26(12-10-25)50-16-2-13-41-45-37/h1,3-12,17-19,40H,2,13-16,20H2,(H,38,46)(H,39,47)(H,48,49). The number of azo groups is 1. The predicted molar refractivity (Wildman–Crippen MR) is 176 cm³/mol. The first-order valence-corrected chi connectivity index (χ1v) is 15.1. The number of hydrogen-bond donors (Lipinski definition) is 4. The summed E-state index contributed by atoms with van der Waals surface area (Å²) in [6, 6.07) is 20.8. The third kappa shape index (κ3) is 12.4. The smallest absolute Gasteiger partial charge is 0.433 e. The largest absolute Gasteiger partial charge is 0.494 e. The van der Waals surface area contributed by atoms with Crippen LogP contribution >= 0.6 is 0 Å². The van der Waals surface area contributed by atoms with Crippen molar-refractivity contribution in [2.24, 2.45) is 15.3 Å². The van der Waals surface area contributed by atoms with Crippen molar-refractivity contribution in [2.45, 2.75) is 19.1 Å². The maximum atomic E-state index is 13.4. The quantitative estimate of drug-likeness (QED) is 0.0403. The molecule has 0 spiro atoms. The summed E-state index contributed by atoms with van der Waals surface area (Å²) >= 11 is 0. The number of ether oxygens (including phenoxy) is 2. The zero-order valence-corrected chi connectivity index (χ0v) is 26.6. The number of aromatic nitrogens is 1. The number of azide groups is 1. The number of amides is 3. The van der Waals surface area contributed by atoms with Gasteiger partial charge in [-0.3, -0.25) is 9.59 Å². The van der Waals surface area contributed by atoms with Crippen LogP contribution in [0.3, 0.4) is 0 Å². The Morgan fingerprint density at radius 2 is 1.47 bits per heavy atom. The molecule has 264 valence electrons. The Morgan fingerprint density at radius 3 is 2.10 bits per heavy atom. The minimum absolute atomic E-state index is 0.0158. The van der Waals surface area contributed by atoms with E-state index in [1.54, 1.807) is 48.5 Å². The topological polar surface area (TPSA) is 212 Å². The maximum Gasteiger partial charge on any atom is 0.433 e. The second kappa shape index (κ2) is 18.2. The molecular formula is C33H30F3N9O6. The number of pyridine rings is 1. The average molecular weight is 706 g/mol. The van der Waals surface area contributed by atoms with Gasteiger partial charge in [0.1, 0.15) is 17.2 Å². The van der Waals surface area contributed by atoms with Crippen LogP contribution in [0.4, 0.5) is 29.3 Å². The van der Waals surface area contributed by atoms with Crippen molar-refractivity contribution in [1.29, 1.82) is 0 Å². The van der Waals surface area contributed by atoms with Crippen LogP contribution in [-0.2, 0) is 12.7 Å². The van der Waals surface area contributed by atoms with E-state index in [9.17, 15) is 27.6 Å². The molecule has 4 N–H and O–H groups in total. The fourth-order valence-electron chi connectivity index (χ4n) is 4.19. The van der Waals surface area contributed by atoms with Crippen LogP contribution in [0.2, 0.25) is 0 Å². The molecule has 51 heavy (non-hydrogen) atoms. The molecular weight excluding hydrogens is 675 g/mol. The van der Waals surface area contributed by atoms with Gasteiger partial charge < -0.3 is 30.5 Å². The minimum atomic E-state index is -4.81. The Hall–Kier alpha value is -6.68. The van der Waals surface area contributed by atoms with Gasteiger partial charge in [-0.25, -0.2) is 9.78 Å². The fourth-order valence-corrected chi connectivity index (χ4v) is 4.19. The van der Waals surface area contributed by atoms with Gasteiger partial charge in [-0.2, -0.15) is 23.4 Å². The molecule has 1 aromatic heterocycles. The molecule has 0 fully saturated rings. The van der Waals surface area contributed by atoms with Gasteiger partial charge in [-0.1, -0.05) is 11.2 Å². The highest BCUT2D eigenvalue weighted by Gasteiger charge is 2.33. The van der Waals surface area contributed by atoms with E-state index in [0.717, 1.165) is 6.07 Å². The summed E-state index contributed by atoms with van der Waals surface area (Å²) in [5, 5.41) is 27.9. The van der Waals surface area contributed by atoms with Crippen molar-refractivity contribution in [3.63, 3.8) is 0 Å². The SMILES string of the molecule is [N-]=[N+]=NCCCOc1ccc(N=Nc2ccc(C(=O)NCCNC(=O)c3cccc(Oc4cc(CNC(=O)O)cc(C(F)(F)F)n4)c3)cc2)cc1. The lowest BCUT2D eigenvalue weighted by Crippen LogP contribution is -2.34. The lowest BCUT2D eigenvalue weighted by Gasteiger charge is -2.13. The van der Waals surface area contributed by atoms with Crippen LogP contribution in [0.25, 0.3) is 10.4 Å². The van der Waals surface area contributed by atoms with Crippen LogP contribution in [0.1, 0.15) is 38.4 Å². The van der Waals surface area contributed by atoms with Gasteiger partial charge in [-0.05, 0) is 90.3 Å². The third-order valence-electron chi connectivity index (χ3n) is 6.59. The lowest BCUT2D eigenvalue weighted by molar-refractivity contribution is -0.141. The van der Waals surface area contributed by atoms with E-state index in [1.165, 1.54) is 24.3 Å². The van der Waals surface area contributed by atoms with Gasteiger partial charge in [0.2, 0.25) is 5.88 Å². The molecule has 0 bridgehead atoms. The van der Waals surface area contributed by atoms with Gasteiger partial charge in [-0.15, -0.1) is 0 Å². The second-order valence-electron chi connectivity index (χ2n) is 10.4. The molecule has 3 amide bonds. The molecule has 0 saturated carbocycles. The lowest BCUT2D eigenvalue weighted by atomic mass is 10.2. The number of carbonyl (C=O) groups excluding carboxylic acids is 2. The molecule has 15 nitrogen and oxygen atoms in total. The maximum absolute atomic E-state index is 13.4. The van der Waals surface area contributed by atoms with E-state index in [-0.39, 0.29) is 35.9 Å². The highest BCUT2D eigenvalue weighted by Crippen LogP contribution is 2.31. The number of rotatable bonds is 16. The summed E-state index contributed by atoms with van der Waals surface area (Å²) in [6.45, 7) is 0.519. The zero-order chi connectivity index (χ0) is 36.6. The van der Waals surface area contributed by atoms with E-state index in [1.807, 2.05) is 5.32 Å². The Bertz CT molecular complexity index is 1900. The van der Waals surface area contributed by atoms with E-state index in [2.05, 4.69) is 35.9 Å². The summed E-state index contributed by atoms with van der Waals surface area (Å²) in [6.07, 6.45) is -5.63. The summed E-state index contributed by atoms with van der Waals surface area (Å²) in [5.41, 5.74) is 8.57. The first kappa shape index (κ1) is 37.1. The Kier molecular flexibility index (Phi) is 13.2. The highest BCUT2D eigenvalue weighted by molar-refractivity contribution is 5.95. The first-order valence-electron chi connectivity index (χ1n) is 15.1. The van der Waals surface area contributed by atoms with Crippen LogP contribution in [-0.4, -0.2) is 54.2 Å². The van der Waals surface area contributed by atoms with Crippen molar-refractivity contribution < 1.29 is 42.1 Å². The number of carbonyl (C=O) groups is 3. The first-order chi connectivity index (χ1) is 24.5. The second-order valence-corrected chi connectivity index (χ2v) is 10.4. The molecule has 4 rings (SSSR count). The predicted octanol–water partition coefficient (Wildman–Crippen LogP) is 7.31.